The minimum Gasteiger partial charge on any atom is -0.360 e. The molecule has 2 aromatic carbocycles. The maximum Gasteiger partial charge on any atom is 0.416 e. The van der Waals surface area contributed by atoms with E-state index in [9.17, 15) is 36.4 Å². The van der Waals surface area contributed by atoms with E-state index in [0.29, 0.717) is 12.1 Å². The van der Waals surface area contributed by atoms with Crippen LogP contribution in [0.15, 0.2) is 54.2 Å². The van der Waals surface area contributed by atoms with Crippen molar-refractivity contribution in [3.8, 4) is 6.07 Å². The van der Waals surface area contributed by atoms with Crippen LogP contribution >= 0.6 is 0 Å². The largest absolute Gasteiger partial charge is 0.416 e. The summed E-state index contributed by atoms with van der Waals surface area (Å²) >= 11 is 0. The molecule has 1 unspecified atom stereocenters. The van der Waals surface area contributed by atoms with Gasteiger partial charge in [-0.1, -0.05) is 31.2 Å². The fourth-order valence-corrected chi connectivity index (χ4v) is 2.74. The Hall–Kier alpha value is -3.48. The van der Waals surface area contributed by atoms with E-state index in [2.05, 4.69) is 10.6 Å². The molecule has 0 fully saturated rings. The van der Waals surface area contributed by atoms with E-state index in [1.54, 1.807) is 25.1 Å². The summed E-state index contributed by atoms with van der Waals surface area (Å²) < 4.78 is 77.7. The van der Waals surface area contributed by atoms with Crippen LogP contribution in [0.5, 0.6) is 0 Å². The number of nitrogens with zero attached hydrogens (tertiary/aromatic N) is 1. The van der Waals surface area contributed by atoms with Crippen molar-refractivity contribution in [2.24, 2.45) is 0 Å². The van der Waals surface area contributed by atoms with Gasteiger partial charge in [-0.15, -0.1) is 0 Å². The van der Waals surface area contributed by atoms with Gasteiger partial charge in [0.2, 0.25) is 0 Å². The van der Waals surface area contributed by atoms with E-state index >= 15 is 0 Å². The summed E-state index contributed by atoms with van der Waals surface area (Å²) in [5, 5.41) is 14.0. The fourth-order valence-electron chi connectivity index (χ4n) is 2.74. The molecule has 32 heavy (non-hydrogen) atoms. The number of amides is 1. The zero-order valence-electron chi connectivity index (χ0n) is 17.0. The predicted octanol–water partition coefficient (Wildman–Crippen LogP) is 5.98. The highest BCUT2D eigenvalue weighted by Crippen LogP contribution is 2.37. The lowest BCUT2D eigenvalue weighted by atomic mass is 10.0. The van der Waals surface area contributed by atoms with Crippen molar-refractivity contribution in [3.05, 3.63) is 76.5 Å². The van der Waals surface area contributed by atoms with Crippen LogP contribution in [0.25, 0.3) is 0 Å². The summed E-state index contributed by atoms with van der Waals surface area (Å²) in [5.74, 6) is -0.838. The lowest BCUT2D eigenvalue weighted by molar-refractivity contribution is -0.143. The van der Waals surface area contributed by atoms with Crippen molar-refractivity contribution in [2.45, 2.75) is 38.7 Å². The average Bonchev–Trinajstić information content (AvgIpc) is 2.72. The number of benzene rings is 2. The predicted molar refractivity (Wildman–Crippen MR) is 106 cm³/mol. The van der Waals surface area contributed by atoms with Crippen LogP contribution in [-0.2, 0) is 23.6 Å². The molecule has 2 rings (SSSR count). The van der Waals surface area contributed by atoms with E-state index in [1.807, 2.05) is 19.1 Å². The van der Waals surface area contributed by atoms with Crippen molar-refractivity contribution < 1.29 is 31.1 Å². The van der Waals surface area contributed by atoms with Crippen molar-refractivity contribution in [2.75, 3.05) is 5.32 Å². The maximum absolute atomic E-state index is 13.0. The van der Waals surface area contributed by atoms with Gasteiger partial charge in [-0.3, -0.25) is 4.79 Å². The number of hydrogen-bond donors (Lipinski definition) is 2. The first-order valence-electron chi connectivity index (χ1n) is 9.41. The van der Waals surface area contributed by atoms with Gasteiger partial charge >= 0.3 is 12.4 Å². The van der Waals surface area contributed by atoms with E-state index in [-0.39, 0.29) is 6.07 Å². The number of anilines is 1. The molecule has 2 aromatic rings. The number of halogens is 6. The molecule has 0 heterocycles. The molecule has 0 aliphatic carbocycles. The molecular weight excluding hydrogens is 436 g/mol. The van der Waals surface area contributed by atoms with Crippen molar-refractivity contribution in [1.29, 1.82) is 5.26 Å². The molecule has 0 bridgehead atoms. The van der Waals surface area contributed by atoms with Crippen molar-refractivity contribution in [1.82, 2.24) is 5.32 Å². The minimum absolute atomic E-state index is 0.0156. The molecule has 0 aliphatic heterocycles. The van der Waals surface area contributed by atoms with Crippen LogP contribution in [-0.4, -0.2) is 5.91 Å². The molecule has 10 heteroatoms. The van der Waals surface area contributed by atoms with Crippen molar-refractivity contribution >= 4 is 11.6 Å². The first-order chi connectivity index (χ1) is 14.8. The van der Waals surface area contributed by atoms with Crippen LogP contribution in [0.2, 0.25) is 0 Å². The number of rotatable bonds is 6. The van der Waals surface area contributed by atoms with Crippen LogP contribution in [0, 0.1) is 11.3 Å². The zero-order chi connectivity index (χ0) is 24.1. The van der Waals surface area contributed by atoms with Crippen LogP contribution in [0.3, 0.4) is 0 Å². The Kier molecular flexibility index (Phi) is 7.56. The maximum atomic E-state index is 13.0. The Labute approximate surface area is 180 Å². The molecule has 4 nitrogen and oxygen atoms in total. The average molecular weight is 455 g/mol. The van der Waals surface area contributed by atoms with Crippen molar-refractivity contribution in [3.63, 3.8) is 0 Å². The fraction of sp³-hybridized carbons (Fsp3) is 0.273. The zero-order valence-corrected chi connectivity index (χ0v) is 17.0. The smallest absolute Gasteiger partial charge is 0.360 e. The third-order valence-electron chi connectivity index (χ3n) is 4.57. The first-order valence-corrected chi connectivity index (χ1v) is 9.41. The molecule has 0 aromatic heterocycles. The Morgan fingerprint density at radius 1 is 1.03 bits per heavy atom. The quantitative estimate of drug-likeness (QED) is 0.320. The van der Waals surface area contributed by atoms with Crippen LogP contribution in [0.1, 0.15) is 42.1 Å². The first kappa shape index (κ1) is 24.8. The highest BCUT2D eigenvalue weighted by molar-refractivity contribution is 5.97. The number of alkyl halides is 6. The Morgan fingerprint density at radius 3 is 2.00 bits per heavy atom. The van der Waals surface area contributed by atoms with E-state index in [4.69, 9.17) is 0 Å². The van der Waals surface area contributed by atoms with Gasteiger partial charge < -0.3 is 10.6 Å². The summed E-state index contributed by atoms with van der Waals surface area (Å²) in [4.78, 5) is 12.4. The minimum atomic E-state index is -5.01. The normalized spacial score (nSPS) is 13.3. The van der Waals surface area contributed by atoms with Gasteiger partial charge in [-0.2, -0.15) is 31.6 Å². The summed E-state index contributed by atoms with van der Waals surface area (Å²) in [6.45, 7) is 3.66. The molecule has 0 radical (unpaired) electrons. The molecule has 170 valence electrons. The molecule has 1 amide bonds. The summed E-state index contributed by atoms with van der Waals surface area (Å²) in [7, 11) is 0. The number of nitriles is 1. The van der Waals surface area contributed by atoms with Gasteiger partial charge in [0.25, 0.3) is 5.91 Å². The second kappa shape index (κ2) is 9.77. The molecule has 2 N–H and O–H groups in total. The topological polar surface area (TPSA) is 64.9 Å². The van der Waals surface area contributed by atoms with E-state index < -0.39 is 46.7 Å². The molecule has 0 saturated carbocycles. The number of nitrogens with one attached hydrogen (secondary N) is 2. The van der Waals surface area contributed by atoms with Crippen LogP contribution < -0.4 is 10.6 Å². The van der Waals surface area contributed by atoms with Gasteiger partial charge in [-0.05, 0) is 42.7 Å². The monoisotopic (exact) mass is 455 g/mol. The highest BCUT2D eigenvalue weighted by atomic mass is 19.4. The van der Waals surface area contributed by atoms with Gasteiger partial charge in [0, 0.05) is 11.9 Å². The second-order valence-corrected chi connectivity index (χ2v) is 6.90. The number of carbonyl (C=O) groups is 1. The van der Waals surface area contributed by atoms with Crippen LogP contribution in [0.4, 0.5) is 32.0 Å². The summed E-state index contributed by atoms with van der Waals surface area (Å²) in [5.41, 5.74) is -2.28. The van der Waals surface area contributed by atoms with Gasteiger partial charge in [-0.25, -0.2) is 0 Å². The lowest BCUT2D eigenvalue weighted by Gasteiger charge is -2.15. The molecule has 0 saturated heterocycles. The lowest BCUT2D eigenvalue weighted by Crippen LogP contribution is -2.28. The highest BCUT2D eigenvalue weighted by Gasteiger charge is 2.36. The number of carbonyl (C=O) groups excluding carboxylic acids is 1. The summed E-state index contributed by atoms with van der Waals surface area (Å²) in [6, 6.07) is 9.36. The van der Waals surface area contributed by atoms with E-state index in [1.165, 1.54) is 0 Å². The second-order valence-electron chi connectivity index (χ2n) is 6.90. The van der Waals surface area contributed by atoms with Gasteiger partial charge in [0.15, 0.2) is 0 Å². The SMILES string of the molecule is CCc1ccc(C(C)NC(=O)/C(C#N)=C\Nc2cc(C(F)(F)F)cc(C(F)(F)F)c2)cc1. The third-order valence-corrected chi connectivity index (χ3v) is 4.57. The molecule has 0 spiro atoms. The Bertz CT molecular complexity index is 1000. The Morgan fingerprint density at radius 2 is 1.56 bits per heavy atom. The molecule has 0 aliphatic rings. The molecular formula is C22H19F6N3O. The molecule has 1 atom stereocenters. The standard InChI is InChI=1S/C22H19F6N3O/c1-3-14-4-6-15(7-5-14)13(2)31-20(32)16(11-29)12-30-19-9-17(21(23,24)25)8-18(10-19)22(26,27)28/h4-10,12-13,30H,3H2,1-2H3,(H,31,32)/b16-12-. The Balaban J connectivity index is 2.22. The summed E-state index contributed by atoms with van der Waals surface area (Å²) in [6.07, 6.45) is -8.43. The third kappa shape index (κ3) is 6.51. The number of aryl methyl sites for hydroxylation is 1. The number of hydrogen-bond acceptors (Lipinski definition) is 3. The van der Waals surface area contributed by atoms with Gasteiger partial charge in [0.1, 0.15) is 11.6 Å². The van der Waals surface area contributed by atoms with E-state index in [0.717, 1.165) is 23.7 Å². The van der Waals surface area contributed by atoms with Gasteiger partial charge in [0.05, 0.1) is 17.2 Å².